The lowest BCUT2D eigenvalue weighted by atomic mass is 10.2. The second kappa shape index (κ2) is 5.38. The Kier molecular flexibility index (Phi) is 4.07. The summed E-state index contributed by atoms with van der Waals surface area (Å²) in [6, 6.07) is 5.60. The Morgan fingerprint density at radius 3 is 2.88 bits per heavy atom. The Hall–Kier alpha value is -0.580. The molecular weight excluding hydrogens is 325 g/mol. The average Bonchev–Trinajstić information content (AvgIpc) is 2.81. The second-order valence-corrected chi connectivity index (χ2v) is 5.35. The third-order valence-electron chi connectivity index (χ3n) is 2.36. The molecule has 0 aliphatic heterocycles. The van der Waals surface area contributed by atoms with Crippen molar-refractivity contribution < 1.29 is 0 Å². The number of benzene rings is 1. The summed E-state index contributed by atoms with van der Waals surface area (Å²) in [4.78, 5) is 0. The van der Waals surface area contributed by atoms with Crippen LogP contribution < -0.4 is 0 Å². The Morgan fingerprint density at radius 1 is 1.47 bits per heavy atom. The van der Waals surface area contributed by atoms with Crippen LogP contribution in [0.5, 0.6) is 0 Å². The van der Waals surface area contributed by atoms with E-state index in [1.54, 1.807) is 4.68 Å². The van der Waals surface area contributed by atoms with Gasteiger partial charge in [-0.1, -0.05) is 23.7 Å². The largest absolute Gasteiger partial charge is 0.220 e. The van der Waals surface area contributed by atoms with Gasteiger partial charge in [-0.25, -0.2) is 4.68 Å². The zero-order valence-electron chi connectivity index (χ0n) is 9.07. The summed E-state index contributed by atoms with van der Waals surface area (Å²) in [5.74, 6) is 0. The van der Waals surface area contributed by atoms with Crippen LogP contribution in [0.4, 0.5) is 0 Å². The Balaban J connectivity index is 2.33. The maximum Gasteiger partial charge on any atom is 0.101 e. The van der Waals surface area contributed by atoms with Gasteiger partial charge in [-0.3, -0.25) is 0 Å². The SMILES string of the molecule is CCC(Cl)c1cn(-c2ccc(Br)c(Cl)c2)nn1. The van der Waals surface area contributed by atoms with Crippen LogP contribution in [0.25, 0.3) is 5.69 Å². The van der Waals surface area contributed by atoms with Gasteiger partial charge in [-0.15, -0.1) is 16.7 Å². The third kappa shape index (κ3) is 2.81. The molecule has 17 heavy (non-hydrogen) atoms. The molecule has 0 fully saturated rings. The molecule has 0 spiro atoms. The molecule has 1 unspecified atom stereocenters. The zero-order chi connectivity index (χ0) is 12.4. The molecule has 6 heteroatoms. The van der Waals surface area contributed by atoms with Crippen LogP contribution in [0.2, 0.25) is 5.02 Å². The quantitative estimate of drug-likeness (QED) is 0.780. The van der Waals surface area contributed by atoms with E-state index in [1.165, 1.54) is 0 Å². The fourth-order valence-electron chi connectivity index (χ4n) is 1.38. The number of rotatable bonds is 3. The number of aromatic nitrogens is 3. The van der Waals surface area contributed by atoms with E-state index in [-0.39, 0.29) is 5.38 Å². The summed E-state index contributed by atoms with van der Waals surface area (Å²) in [5.41, 5.74) is 1.63. The third-order valence-corrected chi connectivity index (χ3v) is 4.12. The maximum atomic E-state index is 6.10. The highest BCUT2D eigenvalue weighted by Crippen LogP contribution is 2.26. The van der Waals surface area contributed by atoms with Gasteiger partial charge >= 0.3 is 0 Å². The summed E-state index contributed by atoms with van der Waals surface area (Å²) < 4.78 is 2.52. The first kappa shape index (κ1) is 12.9. The number of nitrogens with zero attached hydrogens (tertiary/aromatic N) is 3. The number of hydrogen-bond acceptors (Lipinski definition) is 2. The smallest absolute Gasteiger partial charge is 0.101 e. The van der Waals surface area contributed by atoms with Crippen LogP contribution in [0.1, 0.15) is 24.4 Å². The van der Waals surface area contributed by atoms with Gasteiger partial charge in [0.2, 0.25) is 0 Å². The van der Waals surface area contributed by atoms with Crippen molar-refractivity contribution in [2.45, 2.75) is 18.7 Å². The van der Waals surface area contributed by atoms with Crippen LogP contribution in [0.15, 0.2) is 28.9 Å². The minimum Gasteiger partial charge on any atom is -0.220 e. The summed E-state index contributed by atoms with van der Waals surface area (Å²) in [6.07, 6.45) is 2.64. The molecule has 90 valence electrons. The van der Waals surface area contributed by atoms with E-state index in [9.17, 15) is 0 Å². The molecular formula is C11H10BrCl2N3. The molecule has 0 amide bonds. The van der Waals surface area contributed by atoms with Crippen molar-refractivity contribution in [3.63, 3.8) is 0 Å². The van der Waals surface area contributed by atoms with Gasteiger partial charge in [0.25, 0.3) is 0 Å². The Bertz CT molecular complexity index is 527. The average molecular weight is 335 g/mol. The lowest BCUT2D eigenvalue weighted by Gasteiger charge is -2.02. The lowest BCUT2D eigenvalue weighted by Crippen LogP contribution is -1.94. The van der Waals surface area contributed by atoms with E-state index < -0.39 is 0 Å². The molecule has 2 aromatic rings. The molecule has 0 aliphatic rings. The van der Waals surface area contributed by atoms with Crippen molar-refractivity contribution in [1.82, 2.24) is 15.0 Å². The molecule has 1 aromatic heterocycles. The van der Waals surface area contributed by atoms with Gasteiger partial charge in [0.05, 0.1) is 22.3 Å². The van der Waals surface area contributed by atoms with Crippen molar-refractivity contribution in [2.24, 2.45) is 0 Å². The van der Waals surface area contributed by atoms with Crippen LogP contribution in [-0.2, 0) is 0 Å². The number of hydrogen-bond donors (Lipinski definition) is 0. The van der Waals surface area contributed by atoms with Crippen molar-refractivity contribution in [2.75, 3.05) is 0 Å². The lowest BCUT2D eigenvalue weighted by molar-refractivity contribution is 0.785. The van der Waals surface area contributed by atoms with Crippen molar-refractivity contribution >= 4 is 39.1 Å². The van der Waals surface area contributed by atoms with Crippen molar-refractivity contribution in [3.05, 3.63) is 39.6 Å². The number of halogens is 3. The first-order valence-electron chi connectivity index (χ1n) is 5.13. The minimum atomic E-state index is -0.102. The molecule has 0 bridgehead atoms. The summed E-state index contributed by atoms with van der Waals surface area (Å²) in [5, 5.41) is 8.61. The highest BCUT2D eigenvalue weighted by Gasteiger charge is 2.11. The van der Waals surface area contributed by atoms with Crippen LogP contribution in [0, 0.1) is 0 Å². The normalized spacial score (nSPS) is 12.7. The molecule has 0 radical (unpaired) electrons. The maximum absolute atomic E-state index is 6.10. The van der Waals surface area contributed by atoms with E-state index in [0.717, 1.165) is 22.3 Å². The highest BCUT2D eigenvalue weighted by atomic mass is 79.9. The van der Waals surface area contributed by atoms with Gasteiger partial charge < -0.3 is 0 Å². The summed E-state index contributed by atoms with van der Waals surface area (Å²) >= 11 is 15.5. The number of alkyl halides is 1. The highest BCUT2D eigenvalue weighted by molar-refractivity contribution is 9.10. The van der Waals surface area contributed by atoms with E-state index in [2.05, 4.69) is 26.2 Å². The predicted octanol–water partition coefficient (Wildman–Crippen LogP) is 4.37. The molecule has 0 N–H and O–H groups in total. The minimum absolute atomic E-state index is 0.102. The molecule has 0 saturated carbocycles. The van der Waals surface area contributed by atoms with Crippen molar-refractivity contribution in [1.29, 1.82) is 0 Å². The standard InChI is InChI=1S/C11H10BrCl2N3/c1-2-9(13)11-6-17(16-15-11)7-3-4-8(12)10(14)5-7/h3-6,9H,2H2,1H3. The predicted molar refractivity (Wildman–Crippen MR) is 73.0 cm³/mol. The molecule has 1 aromatic carbocycles. The van der Waals surface area contributed by atoms with Gasteiger partial charge in [-0.2, -0.15) is 0 Å². The monoisotopic (exact) mass is 333 g/mol. The fourth-order valence-corrected chi connectivity index (χ4v) is 1.90. The molecule has 3 nitrogen and oxygen atoms in total. The van der Waals surface area contributed by atoms with Gasteiger partial charge in [0.15, 0.2) is 0 Å². The van der Waals surface area contributed by atoms with Gasteiger partial charge in [0, 0.05) is 4.47 Å². The topological polar surface area (TPSA) is 30.7 Å². The molecule has 2 rings (SSSR count). The first-order valence-corrected chi connectivity index (χ1v) is 6.74. The van der Waals surface area contributed by atoms with Gasteiger partial charge in [0.1, 0.15) is 5.69 Å². The van der Waals surface area contributed by atoms with Crippen LogP contribution in [-0.4, -0.2) is 15.0 Å². The van der Waals surface area contributed by atoms with Crippen LogP contribution >= 0.6 is 39.1 Å². The van der Waals surface area contributed by atoms with E-state index in [0.29, 0.717) is 5.02 Å². The summed E-state index contributed by atoms with van der Waals surface area (Å²) in [7, 11) is 0. The molecule has 1 heterocycles. The fraction of sp³-hybridized carbons (Fsp3) is 0.273. The Morgan fingerprint density at radius 2 is 2.24 bits per heavy atom. The van der Waals surface area contributed by atoms with E-state index in [1.807, 2.05) is 31.3 Å². The van der Waals surface area contributed by atoms with E-state index in [4.69, 9.17) is 23.2 Å². The zero-order valence-corrected chi connectivity index (χ0v) is 12.2. The molecule has 0 saturated heterocycles. The second-order valence-electron chi connectivity index (χ2n) is 3.56. The molecule has 0 aliphatic carbocycles. The summed E-state index contributed by atoms with van der Waals surface area (Å²) in [6.45, 7) is 2.01. The first-order chi connectivity index (χ1) is 8.11. The Labute approximate surface area is 118 Å². The van der Waals surface area contributed by atoms with Crippen LogP contribution in [0.3, 0.4) is 0 Å². The van der Waals surface area contributed by atoms with Gasteiger partial charge in [-0.05, 0) is 40.5 Å². The molecule has 1 atom stereocenters. The van der Waals surface area contributed by atoms with Crippen molar-refractivity contribution in [3.8, 4) is 5.69 Å². The van der Waals surface area contributed by atoms with E-state index >= 15 is 0 Å².